The van der Waals surface area contributed by atoms with E-state index in [0.29, 0.717) is 11.8 Å². The summed E-state index contributed by atoms with van der Waals surface area (Å²) in [5, 5.41) is 3.82. The molecule has 0 spiro atoms. The first-order chi connectivity index (χ1) is 6.38. The molecule has 13 heavy (non-hydrogen) atoms. The highest BCUT2D eigenvalue weighted by Gasteiger charge is 2.18. The number of hydrogen-bond donors (Lipinski definition) is 0. The van der Waals surface area contributed by atoms with E-state index in [9.17, 15) is 0 Å². The Kier molecular flexibility index (Phi) is 2.80. The lowest BCUT2D eigenvalue weighted by Crippen LogP contribution is -2.04. The van der Waals surface area contributed by atoms with Gasteiger partial charge in [-0.3, -0.25) is 0 Å². The van der Waals surface area contributed by atoms with Gasteiger partial charge in [0.2, 0.25) is 5.89 Å². The SMILES string of the molecule is ClCc1nc(CC2CCOC2)no1. The molecule has 0 saturated carbocycles. The standard InChI is InChI=1S/C8H11ClN2O2/c9-4-8-10-7(11-13-8)3-6-1-2-12-5-6/h6H,1-5H2. The van der Waals surface area contributed by atoms with E-state index in [1.807, 2.05) is 0 Å². The molecular weight excluding hydrogens is 192 g/mol. The molecule has 1 aliphatic rings. The Morgan fingerprint density at radius 1 is 1.54 bits per heavy atom. The highest BCUT2D eigenvalue weighted by Crippen LogP contribution is 2.16. The zero-order valence-electron chi connectivity index (χ0n) is 7.20. The van der Waals surface area contributed by atoms with Gasteiger partial charge in [0.25, 0.3) is 0 Å². The first-order valence-corrected chi connectivity index (χ1v) is 4.87. The van der Waals surface area contributed by atoms with Crippen molar-refractivity contribution in [3.05, 3.63) is 11.7 Å². The van der Waals surface area contributed by atoms with Crippen LogP contribution in [0.1, 0.15) is 18.1 Å². The predicted octanol–water partition coefficient (Wildman–Crippen LogP) is 1.39. The van der Waals surface area contributed by atoms with E-state index in [1.165, 1.54) is 0 Å². The van der Waals surface area contributed by atoms with Crippen molar-refractivity contribution in [3.63, 3.8) is 0 Å². The molecule has 1 aliphatic heterocycles. The molecule has 4 nitrogen and oxygen atoms in total. The van der Waals surface area contributed by atoms with E-state index in [0.717, 1.165) is 31.9 Å². The van der Waals surface area contributed by atoms with Gasteiger partial charge >= 0.3 is 0 Å². The van der Waals surface area contributed by atoms with Crippen molar-refractivity contribution in [2.24, 2.45) is 5.92 Å². The molecule has 1 saturated heterocycles. The fraction of sp³-hybridized carbons (Fsp3) is 0.750. The van der Waals surface area contributed by atoms with E-state index in [-0.39, 0.29) is 5.88 Å². The van der Waals surface area contributed by atoms with Gasteiger partial charge in [-0.05, 0) is 12.3 Å². The molecule has 72 valence electrons. The fourth-order valence-electron chi connectivity index (χ4n) is 1.43. The topological polar surface area (TPSA) is 48.2 Å². The summed E-state index contributed by atoms with van der Waals surface area (Å²) < 4.78 is 10.1. The third kappa shape index (κ3) is 2.19. The molecule has 0 aliphatic carbocycles. The molecule has 5 heteroatoms. The van der Waals surface area contributed by atoms with Crippen LogP contribution in [0, 0.1) is 5.92 Å². The Labute approximate surface area is 81.2 Å². The van der Waals surface area contributed by atoms with E-state index in [4.69, 9.17) is 20.9 Å². The lowest BCUT2D eigenvalue weighted by molar-refractivity contribution is 0.185. The van der Waals surface area contributed by atoms with Crippen LogP contribution in [0.5, 0.6) is 0 Å². The van der Waals surface area contributed by atoms with Crippen molar-refractivity contribution in [2.75, 3.05) is 13.2 Å². The maximum absolute atomic E-state index is 5.54. The lowest BCUT2D eigenvalue weighted by atomic mass is 10.1. The highest BCUT2D eigenvalue weighted by molar-refractivity contribution is 6.16. The minimum atomic E-state index is 0.286. The smallest absolute Gasteiger partial charge is 0.241 e. The van der Waals surface area contributed by atoms with Crippen LogP contribution in [-0.2, 0) is 17.0 Å². The first-order valence-electron chi connectivity index (χ1n) is 4.33. The average molecular weight is 203 g/mol. The molecule has 0 N–H and O–H groups in total. The van der Waals surface area contributed by atoms with Crippen molar-refractivity contribution in [3.8, 4) is 0 Å². The number of alkyl halides is 1. The number of aromatic nitrogens is 2. The van der Waals surface area contributed by atoms with Crippen LogP contribution >= 0.6 is 11.6 Å². The highest BCUT2D eigenvalue weighted by atomic mass is 35.5. The van der Waals surface area contributed by atoms with Gasteiger partial charge < -0.3 is 9.26 Å². The summed E-state index contributed by atoms with van der Waals surface area (Å²) in [6.07, 6.45) is 1.92. The Bertz CT molecular complexity index is 271. The Hall–Kier alpha value is -0.610. The van der Waals surface area contributed by atoms with Crippen LogP contribution in [0.2, 0.25) is 0 Å². The molecule has 2 heterocycles. The van der Waals surface area contributed by atoms with Gasteiger partial charge in [0, 0.05) is 19.6 Å². The second kappa shape index (κ2) is 4.07. The van der Waals surface area contributed by atoms with Crippen LogP contribution in [0.4, 0.5) is 0 Å². The number of halogens is 1. The molecule has 0 bridgehead atoms. The van der Waals surface area contributed by atoms with Crippen LogP contribution in [0.25, 0.3) is 0 Å². The lowest BCUT2D eigenvalue weighted by Gasteiger charge is -2.00. The molecular formula is C8H11ClN2O2. The van der Waals surface area contributed by atoms with Crippen molar-refractivity contribution in [1.82, 2.24) is 10.1 Å². The molecule has 2 rings (SSSR count). The molecule has 0 radical (unpaired) electrons. The third-order valence-corrected chi connectivity index (χ3v) is 2.35. The molecule has 1 unspecified atom stereocenters. The Balaban J connectivity index is 1.92. The Morgan fingerprint density at radius 2 is 2.46 bits per heavy atom. The zero-order valence-corrected chi connectivity index (χ0v) is 7.96. The van der Waals surface area contributed by atoms with Crippen molar-refractivity contribution < 1.29 is 9.26 Å². The van der Waals surface area contributed by atoms with Gasteiger partial charge in [-0.25, -0.2) is 0 Å². The molecule has 1 aromatic heterocycles. The van der Waals surface area contributed by atoms with Gasteiger partial charge in [-0.1, -0.05) is 5.16 Å². The summed E-state index contributed by atoms with van der Waals surface area (Å²) >= 11 is 5.54. The largest absolute Gasteiger partial charge is 0.381 e. The molecule has 0 aromatic carbocycles. The fourth-order valence-corrected chi connectivity index (χ4v) is 1.54. The van der Waals surface area contributed by atoms with Crippen molar-refractivity contribution in [1.29, 1.82) is 0 Å². The van der Waals surface area contributed by atoms with Crippen molar-refractivity contribution in [2.45, 2.75) is 18.7 Å². The normalized spacial score (nSPS) is 22.4. The first kappa shape index (κ1) is 8.97. The molecule has 1 aromatic rings. The van der Waals surface area contributed by atoms with Gasteiger partial charge in [0.15, 0.2) is 5.82 Å². The summed E-state index contributed by atoms with van der Waals surface area (Å²) in [5.74, 6) is 2.07. The number of hydrogen-bond acceptors (Lipinski definition) is 4. The van der Waals surface area contributed by atoms with Gasteiger partial charge in [-0.15, -0.1) is 11.6 Å². The monoisotopic (exact) mass is 202 g/mol. The summed E-state index contributed by atoms with van der Waals surface area (Å²) in [6.45, 7) is 1.66. The number of nitrogens with zero attached hydrogens (tertiary/aromatic N) is 2. The van der Waals surface area contributed by atoms with Gasteiger partial charge in [-0.2, -0.15) is 4.98 Å². The molecule has 1 atom stereocenters. The number of rotatable bonds is 3. The second-order valence-corrected chi connectivity index (χ2v) is 3.44. The molecule has 0 amide bonds. The molecule has 1 fully saturated rings. The zero-order chi connectivity index (χ0) is 9.10. The van der Waals surface area contributed by atoms with Crippen molar-refractivity contribution >= 4 is 11.6 Å². The minimum Gasteiger partial charge on any atom is -0.381 e. The number of ether oxygens (including phenoxy) is 1. The van der Waals surface area contributed by atoms with Crippen LogP contribution < -0.4 is 0 Å². The average Bonchev–Trinajstić information content (AvgIpc) is 2.76. The quantitative estimate of drug-likeness (QED) is 0.695. The van der Waals surface area contributed by atoms with Crippen LogP contribution in [0.3, 0.4) is 0 Å². The van der Waals surface area contributed by atoms with Gasteiger partial charge in [0.05, 0.1) is 0 Å². The maximum Gasteiger partial charge on any atom is 0.241 e. The van der Waals surface area contributed by atoms with E-state index in [1.54, 1.807) is 0 Å². The maximum atomic E-state index is 5.54. The summed E-state index contributed by atoms with van der Waals surface area (Å²) in [7, 11) is 0. The van der Waals surface area contributed by atoms with Crippen LogP contribution in [-0.4, -0.2) is 23.4 Å². The van der Waals surface area contributed by atoms with E-state index < -0.39 is 0 Å². The van der Waals surface area contributed by atoms with E-state index in [2.05, 4.69) is 10.1 Å². The summed E-state index contributed by atoms with van der Waals surface area (Å²) in [5.41, 5.74) is 0. The predicted molar refractivity (Wildman–Crippen MR) is 46.5 cm³/mol. The van der Waals surface area contributed by atoms with E-state index >= 15 is 0 Å². The summed E-state index contributed by atoms with van der Waals surface area (Å²) in [4.78, 5) is 4.13. The summed E-state index contributed by atoms with van der Waals surface area (Å²) in [6, 6.07) is 0. The van der Waals surface area contributed by atoms with Crippen LogP contribution in [0.15, 0.2) is 4.52 Å². The van der Waals surface area contributed by atoms with Gasteiger partial charge in [0.1, 0.15) is 5.88 Å². The Morgan fingerprint density at radius 3 is 3.08 bits per heavy atom. The minimum absolute atomic E-state index is 0.286. The third-order valence-electron chi connectivity index (χ3n) is 2.12. The second-order valence-electron chi connectivity index (χ2n) is 3.17.